The summed E-state index contributed by atoms with van der Waals surface area (Å²) in [6, 6.07) is 8.24. The molecule has 0 saturated heterocycles. The van der Waals surface area contributed by atoms with Gasteiger partial charge in [-0.25, -0.2) is 19.2 Å². The summed E-state index contributed by atoms with van der Waals surface area (Å²) in [4.78, 5) is 22.4. The minimum absolute atomic E-state index is 0.106. The van der Waals surface area contributed by atoms with Crippen molar-refractivity contribution < 1.29 is 23.0 Å². The van der Waals surface area contributed by atoms with E-state index in [1.54, 1.807) is 45.0 Å². The number of hydrogen-bond acceptors (Lipinski definition) is 7. The van der Waals surface area contributed by atoms with Crippen molar-refractivity contribution >= 4 is 29.0 Å². The van der Waals surface area contributed by atoms with Gasteiger partial charge in [0, 0.05) is 13.1 Å². The van der Waals surface area contributed by atoms with Crippen molar-refractivity contribution in [2.45, 2.75) is 32.9 Å². The Balaban J connectivity index is 1.66. The van der Waals surface area contributed by atoms with Crippen LogP contribution in [0.3, 0.4) is 0 Å². The number of allylic oxidation sites excluding steroid dienone is 1. The number of amides is 1. The SMILES string of the molecule is CN(C(=O)OC(C)(C)C)c1cnc(C2=[N+](Cc3ccccc3F)C(c3ccon3)=C2)nc1N. The standard InChI is InChI=1S/C23H24FN6O3/c1-23(2,3)33-22(31)29(4)19-12-26-21(27-20(19)25)18-11-17(16-9-10-32-28-16)30(18)13-14-7-5-6-8-15(14)24/h5-12H,13H2,1-4H3,(H2,25,26,27)/q+1. The van der Waals surface area contributed by atoms with Crippen molar-refractivity contribution in [2.75, 3.05) is 17.7 Å². The molecule has 4 rings (SSSR count). The lowest BCUT2D eigenvalue weighted by Crippen LogP contribution is -2.35. The van der Waals surface area contributed by atoms with Crippen LogP contribution < -0.4 is 10.6 Å². The predicted octanol–water partition coefficient (Wildman–Crippen LogP) is 3.61. The van der Waals surface area contributed by atoms with Crippen molar-refractivity contribution in [1.29, 1.82) is 0 Å². The number of carbonyl (C=O) groups is 1. The van der Waals surface area contributed by atoms with Crippen LogP contribution in [0.15, 0.2) is 53.4 Å². The number of benzene rings is 1. The normalized spacial score (nSPS) is 13.4. The molecule has 10 heteroatoms. The quantitative estimate of drug-likeness (QED) is 0.590. The summed E-state index contributed by atoms with van der Waals surface area (Å²) < 4.78 is 26.5. The number of aromatic nitrogens is 3. The molecule has 1 amide bonds. The van der Waals surface area contributed by atoms with Gasteiger partial charge in [-0.05, 0) is 32.9 Å². The number of hydrogen-bond donors (Lipinski definition) is 1. The molecule has 3 aromatic rings. The molecule has 0 atom stereocenters. The number of nitrogen functional groups attached to an aromatic ring is 1. The van der Waals surface area contributed by atoms with Crippen molar-refractivity contribution in [3.8, 4) is 0 Å². The second-order valence-electron chi connectivity index (χ2n) is 8.48. The van der Waals surface area contributed by atoms with Gasteiger partial charge in [0.15, 0.2) is 18.1 Å². The average Bonchev–Trinajstić information content (AvgIpc) is 3.25. The van der Waals surface area contributed by atoms with E-state index in [4.69, 9.17) is 15.0 Å². The summed E-state index contributed by atoms with van der Waals surface area (Å²) >= 11 is 0. The maximum atomic E-state index is 14.3. The van der Waals surface area contributed by atoms with Gasteiger partial charge in [0.2, 0.25) is 11.5 Å². The number of ether oxygens (including phenoxy) is 1. The van der Waals surface area contributed by atoms with Gasteiger partial charge in [0.05, 0.1) is 17.8 Å². The van der Waals surface area contributed by atoms with E-state index < -0.39 is 11.7 Å². The Morgan fingerprint density at radius 1 is 1.27 bits per heavy atom. The maximum absolute atomic E-state index is 14.3. The molecule has 0 radical (unpaired) electrons. The predicted molar refractivity (Wildman–Crippen MR) is 120 cm³/mol. The first-order valence-electron chi connectivity index (χ1n) is 10.2. The fourth-order valence-electron chi connectivity index (χ4n) is 3.26. The van der Waals surface area contributed by atoms with Crippen LogP contribution in [-0.4, -0.2) is 44.2 Å². The fourth-order valence-corrected chi connectivity index (χ4v) is 3.26. The summed E-state index contributed by atoms with van der Waals surface area (Å²) in [7, 11) is 1.53. The van der Waals surface area contributed by atoms with Crippen LogP contribution in [0.2, 0.25) is 0 Å². The summed E-state index contributed by atoms with van der Waals surface area (Å²) in [5.74, 6) is 0.116. The van der Waals surface area contributed by atoms with E-state index in [-0.39, 0.29) is 18.2 Å². The molecule has 0 unspecified atom stereocenters. The fraction of sp³-hybridized carbons (Fsp3) is 0.261. The summed E-state index contributed by atoms with van der Waals surface area (Å²) in [6.07, 6.45) is 4.17. The highest BCUT2D eigenvalue weighted by Gasteiger charge is 2.36. The van der Waals surface area contributed by atoms with Gasteiger partial charge in [-0.2, -0.15) is 4.58 Å². The first kappa shape index (κ1) is 22.1. The van der Waals surface area contributed by atoms with E-state index in [1.165, 1.54) is 30.5 Å². The zero-order valence-corrected chi connectivity index (χ0v) is 18.7. The highest BCUT2D eigenvalue weighted by molar-refractivity contribution is 6.11. The number of rotatable bonds is 5. The van der Waals surface area contributed by atoms with Crippen molar-refractivity contribution in [1.82, 2.24) is 15.1 Å². The first-order valence-corrected chi connectivity index (χ1v) is 10.2. The number of nitrogens with zero attached hydrogens (tertiary/aromatic N) is 5. The molecule has 1 aromatic carbocycles. The first-order chi connectivity index (χ1) is 15.6. The summed E-state index contributed by atoms with van der Waals surface area (Å²) in [5.41, 5.74) is 8.28. The monoisotopic (exact) mass is 451 g/mol. The van der Waals surface area contributed by atoms with Crippen LogP contribution >= 0.6 is 0 Å². The molecule has 0 fully saturated rings. The molecule has 1 aliphatic rings. The molecular weight excluding hydrogens is 427 g/mol. The molecule has 3 heterocycles. The van der Waals surface area contributed by atoms with Crippen molar-refractivity contribution in [2.24, 2.45) is 0 Å². The Bertz CT molecular complexity index is 1260. The number of carbonyl (C=O) groups excluding carboxylic acids is 1. The number of anilines is 2. The lowest BCUT2D eigenvalue weighted by Gasteiger charge is -2.25. The third-order valence-corrected chi connectivity index (χ3v) is 4.90. The van der Waals surface area contributed by atoms with Gasteiger partial charge in [0.25, 0.3) is 5.71 Å². The molecule has 0 aliphatic carbocycles. The number of nitrogens with two attached hydrogens (primary N) is 1. The van der Waals surface area contributed by atoms with Crippen LogP contribution in [0.1, 0.15) is 37.9 Å². The molecule has 0 bridgehead atoms. The molecule has 0 spiro atoms. The van der Waals surface area contributed by atoms with E-state index in [1.807, 2.05) is 10.7 Å². The molecule has 0 saturated carbocycles. The Labute approximate surface area is 190 Å². The van der Waals surface area contributed by atoms with E-state index in [9.17, 15) is 9.18 Å². The topological polar surface area (TPSA) is 110 Å². The van der Waals surface area contributed by atoms with Crippen LogP contribution in [0.25, 0.3) is 5.70 Å². The lowest BCUT2D eigenvalue weighted by molar-refractivity contribution is -0.458. The Kier molecular flexibility index (Phi) is 5.67. The minimum atomic E-state index is -0.655. The Morgan fingerprint density at radius 3 is 2.67 bits per heavy atom. The summed E-state index contributed by atoms with van der Waals surface area (Å²) in [5, 5.41) is 3.97. The van der Waals surface area contributed by atoms with Crippen LogP contribution in [0.5, 0.6) is 0 Å². The van der Waals surface area contributed by atoms with Gasteiger partial charge in [-0.15, -0.1) is 0 Å². The second-order valence-corrected chi connectivity index (χ2v) is 8.48. The van der Waals surface area contributed by atoms with Gasteiger partial charge in [-0.3, -0.25) is 4.90 Å². The highest BCUT2D eigenvalue weighted by Crippen LogP contribution is 2.28. The molecular formula is C23H24FN6O3+. The molecule has 9 nitrogen and oxygen atoms in total. The van der Waals surface area contributed by atoms with Gasteiger partial charge < -0.3 is 15.0 Å². The van der Waals surface area contributed by atoms with Gasteiger partial charge in [0.1, 0.15) is 23.4 Å². The van der Waals surface area contributed by atoms with E-state index in [0.717, 1.165) is 5.70 Å². The van der Waals surface area contributed by atoms with Gasteiger partial charge >= 0.3 is 6.09 Å². The average molecular weight is 451 g/mol. The van der Waals surface area contributed by atoms with Crippen LogP contribution in [-0.2, 0) is 11.3 Å². The third kappa shape index (κ3) is 4.59. The molecule has 33 heavy (non-hydrogen) atoms. The number of halogens is 1. The van der Waals surface area contributed by atoms with Crippen molar-refractivity contribution in [3.63, 3.8) is 0 Å². The molecule has 2 aromatic heterocycles. The van der Waals surface area contributed by atoms with Gasteiger partial charge in [-0.1, -0.05) is 17.3 Å². The lowest BCUT2D eigenvalue weighted by atomic mass is 10.1. The smallest absolute Gasteiger partial charge is 0.414 e. The largest absolute Gasteiger partial charge is 0.443 e. The second kappa shape index (κ2) is 8.45. The highest BCUT2D eigenvalue weighted by atomic mass is 19.1. The molecule has 2 N–H and O–H groups in total. The molecule has 1 aliphatic heterocycles. The third-order valence-electron chi connectivity index (χ3n) is 4.90. The van der Waals surface area contributed by atoms with E-state index in [0.29, 0.717) is 28.5 Å². The zero-order valence-electron chi connectivity index (χ0n) is 18.7. The van der Waals surface area contributed by atoms with E-state index in [2.05, 4.69) is 15.1 Å². The minimum Gasteiger partial charge on any atom is -0.443 e. The Morgan fingerprint density at radius 2 is 2.03 bits per heavy atom. The zero-order chi connectivity index (χ0) is 23.8. The van der Waals surface area contributed by atoms with Crippen molar-refractivity contribution in [3.05, 3.63) is 71.8 Å². The van der Waals surface area contributed by atoms with E-state index >= 15 is 0 Å². The van der Waals surface area contributed by atoms with Crippen LogP contribution in [0.4, 0.5) is 20.7 Å². The van der Waals surface area contributed by atoms with Crippen LogP contribution in [0, 0.1) is 5.82 Å². The Hall–Kier alpha value is -4.08. The molecule has 170 valence electrons. The summed E-state index contributed by atoms with van der Waals surface area (Å²) in [6.45, 7) is 5.57. The maximum Gasteiger partial charge on any atom is 0.414 e.